The zero-order valence-corrected chi connectivity index (χ0v) is 5.77. The van der Waals surface area contributed by atoms with Gasteiger partial charge in [-0.1, -0.05) is 0 Å². The van der Waals surface area contributed by atoms with Crippen LogP contribution in [0.25, 0.3) is 0 Å². The Labute approximate surface area is 65.1 Å². The van der Waals surface area contributed by atoms with E-state index in [0.717, 1.165) is 0 Å². The molecule has 0 heterocycles. The van der Waals surface area contributed by atoms with E-state index in [2.05, 4.69) is 0 Å². The summed E-state index contributed by atoms with van der Waals surface area (Å²) in [5.41, 5.74) is 0. The van der Waals surface area contributed by atoms with Gasteiger partial charge < -0.3 is 10.2 Å². The second kappa shape index (κ2) is 2.43. The van der Waals surface area contributed by atoms with Crippen molar-refractivity contribution < 1.29 is 27.8 Å². The highest BCUT2D eigenvalue weighted by molar-refractivity contribution is 5.15. The molecular formula is C6H6F4O2. The standard InChI is InChI=1S/C6H6F4O2/c7-3-1-4(8)6(10,12)2-5(3,9)11/h1,3,11-12H,2H2. The molecule has 3 unspecified atom stereocenters. The second-order valence-corrected chi connectivity index (χ2v) is 2.67. The molecule has 0 aromatic rings. The quantitative estimate of drug-likeness (QED) is 0.552. The Morgan fingerprint density at radius 3 is 2.33 bits per heavy atom. The first-order valence-electron chi connectivity index (χ1n) is 3.10. The van der Waals surface area contributed by atoms with E-state index in [-0.39, 0.29) is 6.08 Å². The van der Waals surface area contributed by atoms with Gasteiger partial charge in [-0.2, -0.15) is 0 Å². The van der Waals surface area contributed by atoms with Gasteiger partial charge in [0, 0.05) is 0 Å². The van der Waals surface area contributed by atoms with Gasteiger partial charge in [0.2, 0.25) is 5.85 Å². The van der Waals surface area contributed by atoms with Gasteiger partial charge in [0.25, 0.3) is 5.85 Å². The fourth-order valence-electron chi connectivity index (χ4n) is 0.894. The number of aliphatic hydroxyl groups is 2. The van der Waals surface area contributed by atoms with Crippen molar-refractivity contribution in [2.24, 2.45) is 0 Å². The Kier molecular flexibility index (Phi) is 1.92. The molecule has 1 aliphatic rings. The number of halogens is 4. The van der Waals surface area contributed by atoms with Crippen LogP contribution in [0.3, 0.4) is 0 Å². The van der Waals surface area contributed by atoms with Gasteiger partial charge in [-0.25, -0.2) is 17.6 Å². The first-order chi connectivity index (χ1) is 5.26. The monoisotopic (exact) mass is 186 g/mol. The Morgan fingerprint density at radius 2 is 1.92 bits per heavy atom. The highest BCUT2D eigenvalue weighted by atomic mass is 19.2. The molecule has 1 rings (SSSR count). The van der Waals surface area contributed by atoms with Crippen LogP contribution in [0.4, 0.5) is 17.6 Å². The summed E-state index contributed by atoms with van der Waals surface area (Å²) in [6, 6.07) is 0. The van der Waals surface area contributed by atoms with E-state index >= 15 is 0 Å². The Bertz CT molecular complexity index is 224. The number of hydrogen-bond donors (Lipinski definition) is 2. The average molecular weight is 186 g/mol. The van der Waals surface area contributed by atoms with Gasteiger partial charge in [0.15, 0.2) is 12.0 Å². The molecule has 0 spiro atoms. The first kappa shape index (κ1) is 9.47. The molecule has 0 fully saturated rings. The molecule has 1 aliphatic carbocycles. The Morgan fingerprint density at radius 1 is 1.42 bits per heavy atom. The third-order valence-corrected chi connectivity index (χ3v) is 1.56. The van der Waals surface area contributed by atoms with Crippen molar-refractivity contribution in [1.82, 2.24) is 0 Å². The third-order valence-electron chi connectivity index (χ3n) is 1.56. The first-order valence-corrected chi connectivity index (χ1v) is 3.10. The summed E-state index contributed by atoms with van der Waals surface area (Å²) < 4.78 is 49.6. The minimum absolute atomic E-state index is 0.135. The van der Waals surface area contributed by atoms with Crippen molar-refractivity contribution in [1.29, 1.82) is 0 Å². The molecule has 6 heteroatoms. The molecule has 0 aliphatic heterocycles. The fourth-order valence-corrected chi connectivity index (χ4v) is 0.894. The maximum absolute atomic E-state index is 12.5. The molecule has 0 saturated carbocycles. The molecule has 3 atom stereocenters. The molecule has 0 saturated heterocycles. The summed E-state index contributed by atoms with van der Waals surface area (Å²) in [4.78, 5) is 0. The van der Waals surface area contributed by atoms with Crippen molar-refractivity contribution >= 4 is 0 Å². The van der Waals surface area contributed by atoms with E-state index in [9.17, 15) is 17.6 Å². The summed E-state index contributed by atoms with van der Waals surface area (Å²) in [6.07, 6.45) is -4.46. The number of rotatable bonds is 0. The molecule has 0 bridgehead atoms. The van der Waals surface area contributed by atoms with Crippen molar-refractivity contribution in [2.45, 2.75) is 24.3 Å². The van der Waals surface area contributed by atoms with Crippen molar-refractivity contribution in [3.05, 3.63) is 11.9 Å². The summed E-state index contributed by atoms with van der Waals surface area (Å²) in [5.74, 6) is -9.00. The summed E-state index contributed by atoms with van der Waals surface area (Å²) in [6.45, 7) is 0. The van der Waals surface area contributed by atoms with Crippen LogP contribution < -0.4 is 0 Å². The van der Waals surface area contributed by atoms with E-state index in [0.29, 0.717) is 0 Å². The lowest BCUT2D eigenvalue weighted by Crippen LogP contribution is -2.46. The zero-order chi connectivity index (χ0) is 9.57. The smallest absolute Gasteiger partial charge is 0.264 e. The molecular weight excluding hydrogens is 180 g/mol. The van der Waals surface area contributed by atoms with E-state index < -0.39 is 30.1 Å². The van der Waals surface area contributed by atoms with Crippen LogP contribution in [0.2, 0.25) is 0 Å². The normalized spacial score (nSPS) is 48.8. The van der Waals surface area contributed by atoms with Gasteiger partial charge in [-0.05, 0) is 6.08 Å². The van der Waals surface area contributed by atoms with Crippen LogP contribution in [0, 0.1) is 0 Å². The summed E-state index contributed by atoms with van der Waals surface area (Å²) in [7, 11) is 0. The van der Waals surface area contributed by atoms with Gasteiger partial charge in [-0.15, -0.1) is 0 Å². The molecule has 12 heavy (non-hydrogen) atoms. The van der Waals surface area contributed by atoms with Crippen LogP contribution in [0.1, 0.15) is 6.42 Å². The largest absolute Gasteiger partial charge is 0.359 e. The van der Waals surface area contributed by atoms with Gasteiger partial charge in [0.1, 0.15) is 0 Å². The fraction of sp³-hybridized carbons (Fsp3) is 0.667. The topological polar surface area (TPSA) is 40.5 Å². The van der Waals surface area contributed by atoms with Gasteiger partial charge in [-0.3, -0.25) is 0 Å². The van der Waals surface area contributed by atoms with E-state index in [4.69, 9.17) is 10.2 Å². The lowest BCUT2D eigenvalue weighted by Gasteiger charge is -2.31. The highest BCUT2D eigenvalue weighted by Gasteiger charge is 2.52. The molecule has 0 radical (unpaired) electrons. The lowest BCUT2D eigenvalue weighted by molar-refractivity contribution is -0.211. The average Bonchev–Trinajstić information content (AvgIpc) is 1.82. The second-order valence-electron chi connectivity index (χ2n) is 2.67. The molecule has 2 N–H and O–H groups in total. The summed E-state index contributed by atoms with van der Waals surface area (Å²) >= 11 is 0. The molecule has 0 amide bonds. The van der Waals surface area contributed by atoms with Crippen LogP contribution in [0.15, 0.2) is 11.9 Å². The highest BCUT2D eigenvalue weighted by Crippen LogP contribution is 2.39. The van der Waals surface area contributed by atoms with Crippen molar-refractivity contribution in [3.8, 4) is 0 Å². The maximum atomic E-state index is 12.5. The molecule has 70 valence electrons. The van der Waals surface area contributed by atoms with Crippen molar-refractivity contribution in [2.75, 3.05) is 0 Å². The predicted octanol–water partition coefficient (Wildman–Crippen LogP) is 0.898. The minimum Gasteiger partial charge on any atom is -0.359 e. The molecule has 0 aromatic carbocycles. The van der Waals surface area contributed by atoms with E-state index in [1.165, 1.54) is 0 Å². The van der Waals surface area contributed by atoms with Crippen LogP contribution in [-0.2, 0) is 0 Å². The minimum atomic E-state index is -3.62. The van der Waals surface area contributed by atoms with Crippen molar-refractivity contribution in [3.63, 3.8) is 0 Å². The Balaban J connectivity index is 2.99. The van der Waals surface area contributed by atoms with Crippen LogP contribution in [0.5, 0.6) is 0 Å². The predicted molar refractivity (Wildman–Crippen MR) is 30.8 cm³/mol. The third kappa shape index (κ3) is 1.44. The maximum Gasteiger partial charge on any atom is 0.264 e. The van der Waals surface area contributed by atoms with Gasteiger partial charge >= 0.3 is 0 Å². The number of alkyl halides is 3. The molecule has 2 nitrogen and oxygen atoms in total. The Hall–Kier alpha value is -0.620. The van der Waals surface area contributed by atoms with E-state index in [1.54, 1.807) is 0 Å². The zero-order valence-electron chi connectivity index (χ0n) is 5.77. The van der Waals surface area contributed by atoms with Crippen LogP contribution >= 0.6 is 0 Å². The van der Waals surface area contributed by atoms with E-state index in [1.807, 2.05) is 0 Å². The summed E-state index contributed by atoms with van der Waals surface area (Å²) in [5, 5.41) is 16.9. The lowest BCUT2D eigenvalue weighted by atomic mass is 9.95. The van der Waals surface area contributed by atoms with Crippen LogP contribution in [-0.4, -0.2) is 28.1 Å². The SMILES string of the molecule is OC1(F)CC(O)(F)C(F)C=C1F. The van der Waals surface area contributed by atoms with Gasteiger partial charge in [0.05, 0.1) is 6.42 Å². The number of hydrogen-bond acceptors (Lipinski definition) is 2. The molecule has 0 aromatic heterocycles.